The fraction of sp³-hybridized carbons (Fsp3) is 0.258. The van der Waals surface area contributed by atoms with E-state index in [-0.39, 0.29) is 17.6 Å². The molecule has 1 aromatic heterocycles. The van der Waals surface area contributed by atoms with Crippen molar-refractivity contribution < 1.29 is 9.15 Å². The Kier molecular flexibility index (Phi) is 6.31. The highest BCUT2D eigenvalue weighted by molar-refractivity contribution is 5.95. The van der Waals surface area contributed by atoms with E-state index in [1.165, 1.54) is 5.56 Å². The van der Waals surface area contributed by atoms with Crippen molar-refractivity contribution in [2.45, 2.75) is 51.7 Å². The van der Waals surface area contributed by atoms with Gasteiger partial charge in [-0.25, -0.2) is 4.99 Å². The minimum atomic E-state index is -0.166. The fourth-order valence-electron chi connectivity index (χ4n) is 4.37. The van der Waals surface area contributed by atoms with Crippen molar-refractivity contribution in [2.75, 3.05) is 0 Å². The van der Waals surface area contributed by atoms with Crippen LogP contribution in [0.5, 0.6) is 0 Å². The predicted octanol–water partition coefficient (Wildman–Crippen LogP) is 7.64. The molecule has 0 amide bonds. The van der Waals surface area contributed by atoms with Crippen molar-refractivity contribution in [2.24, 2.45) is 4.99 Å². The molecule has 2 heterocycles. The quantitative estimate of drug-likeness (QED) is 0.286. The Morgan fingerprint density at radius 3 is 2.17 bits per heavy atom. The summed E-state index contributed by atoms with van der Waals surface area (Å²) in [6.07, 6.45) is 2.52. The van der Waals surface area contributed by atoms with Gasteiger partial charge >= 0.3 is 0 Å². The Bertz CT molecular complexity index is 1390. The van der Waals surface area contributed by atoms with E-state index in [1.54, 1.807) is 6.08 Å². The van der Waals surface area contributed by atoms with E-state index in [0.717, 1.165) is 34.2 Å². The lowest BCUT2D eigenvalue weighted by Crippen LogP contribution is -2.14. The molecule has 5 nitrogen and oxygen atoms in total. The zero-order valence-corrected chi connectivity index (χ0v) is 21.2. The third-order valence-corrected chi connectivity index (χ3v) is 6.57. The summed E-state index contributed by atoms with van der Waals surface area (Å²) in [6, 6.07) is 24.5. The lowest BCUT2D eigenvalue weighted by Gasteiger charge is -2.19. The standard InChI is InChI=1S/C31H31N3O2/c1-6-20-11-13-22(14-12-20)29-33-34-30(36-29)24-10-8-9-23(19-24)27-26(7-2)32-28(35-27)21-15-17-25(18-16-21)31(3,4)5/h6,8-19,26-27H,1,7H2,2-5H3. The second kappa shape index (κ2) is 9.57. The third kappa shape index (κ3) is 4.74. The van der Waals surface area contributed by atoms with Gasteiger partial charge in [0.2, 0.25) is 17.7 Å². The van der Waals surface area contributed by atoms with Gasteiger partial charge in [0.25, 0.3) is 0 Å². The highest BCUT2D eigenvalue weighted by Crippen LogP contribution is 2.35. The first kappa shape index (κ1) is 23.7. The van der Waals surface area contributed by atoms with Crippen molar-refractivity contribution in [3.05, 3.63) is 102 Å². The second-order valence-electron chi connectivity index (χ2n) is 10.1. The van der Waals surface area contributed by atoms with E-state index >= 15 is 0 Å². The molecule has 0 bridgehead atoms. The summed E-state index contributed by atoms with van der Waals surface area (Å²) in [5.41, 5.74) is 6.21. The molecule has 2 atom stereocenters. The van der Waals surface area contributed by atoms with Crippen LogP contribution in [-0.2, 0) is 10.2 Å². The molecule has 0 spiro atoms. The van der Waals surface area contributed by atoms with Gasteiger partial charge in [0.05, 0.1) is 6.04 Å². The maximum absolute atomic E-state index is 6.43. The molecule has 182 valence electrons. The van der Waals surface area contributed by atoms with E-state index in [0.29, 0.717) is 17.7 Å². The minimum absolute atomic E-state index is 0.0409. The van der Waals surface area contributed by atoms with E-state index in [2.05, 4.69) is 80.9 Å². The third-order valence-electron chi connectivity index (χ3n) is 6.57. The van der Waals surface area contributed by atoms with Gasteiger partial charge in [-0.2, -0.15) is 0 Å². The van der Waals surface area contributed by atoms with E-state index in [9.17, 15) is 0 Å². The van der Waals surface area contributed by atoms with Crippen molar-refractivity contribution in [1.29, 1.82) is 0 Å². The molecular weight excluding hydrogens is 446 g/mol. The smallest absolute Gasteiger partial charge is 0.248 e. The molecule has 0 aliphatic carbocycles. The normalized spacial score (nSPS) is 17.5. The summed E-state index contributed by atoms with van der Waals surface area (Å²) in [4.78, 5) is 4.92. The number of aliphatic imine (C=N–C) groups is 1. The van der Waals surface area contributed by atoms with Crippen molar-refractivity contribution in [3.8, 4) is 22.9 Å². The van der Waals surface area contributed by atoms with Crippen molar-refractivity contribution in [1.82, 2.24) is 10.2 Å². The Hall–Kier alpha value is -3.99. The van der Waals surface area contributed by atoms with E-state index in [4.69, 9.17) is 14.1 Å². The number of aromatic nitrogens is 2. The van der Waals surface area contributed by atoms with Gasteiger partial charge in [-0.3, -0.25) is 0 Å². The molecular formula is C31H31N3O2. The SMILES string of the molecule is C=Cc1ccc(-c2nnc(-c3cccc(C4OC(c5ccc(C(C)(C)C)cc5)=NC4CC)c3)o2)cc1. The highest BCUT2D eigenvalue weighted by atomic mass is 16.5. The van der Waals surface area contributed by atoms with Crippen LogP contribution in [0.3, 0.4) is 0 Å². The minimum Gasteiger partial charge on any atom is -0.467 e. The predicted molar refractivity (Wildman–Crippen MR) is 145 cm³/mol. The first-order valence-corrected chi connectivity index (χ1v) is 12.4. The molecule has 4 aromatic rings. The van der Waals surface area contributed by atoms with Gasteiger partial charge in [-0.1, -0.05) is 76.7 Å². The lowest BCUT2D eigenvalue weighted by atomic mass is 9.87. The number of ether oxygens (including phenoxy) is 1. The average molecular weight is 478 g/mol. The number of hydrogen-bond donors (Lipinski definition) is 0. The van der Waals surface area contributed by atoms with Crippen LogP contribution in [0.2, 0.25) is 0 Å². The van der Waals surface area contributed by atoms with Crippen LogP contribution >= 0.6 is 0 Å². The van der Waals surface area contributed by atoms with Crippen LogP contribution in [0.15, 0.2) is 88.8 Å². The molecule has 36 heavy (non-hydrogen) atoms. The Morgan fingerprint density at radius 1 is 0.861 bits per heavy atom. The zero-order chi connectivity index (χ0) is 25.3. The summed E-state index contributed by atoms with van der Waals surface area (Å²) in [6.45, 7) is 12.6. The molecule has 2 unspecified atom stereocenters. The largest absolute Gasteiger partial charge is 0.467 e. The van der Waals surface area contributed by atoms with Crippen molar-refractivity contribution >= 4 is 12.0 Å². The summed E-state index contributed by atoms with van der Waals surface area (Å²) in [5.74, 6) is 1.66. The van der Waals surface area contributed by atoms with Crippen LogP contribution in [0.25, 0.3) is 29.0 Å². The molecule has 0 saturated heterocycles. The van der Waals surface area contributed by atoms with Crippen LogP contribution in [0, 0.1) is 0 Å². The molecule has 1 aliphatic rings. The van der Waals surface area contributed by atoms with E-state index in [1.807, 2.05) is 36.4 Å². The lowest BCUT2D eigenvalue weighted by molar-refractivity contribution is 0.194. The van der Waals surface area contributed by atoms with Gasteiger partial charge < -0.3 is 9.15 Å². The summed E-state index contributed by atoms with van der Waals surface area (Å²) < 4.78 is 12.4. The number of hydrogen-bond acceptors (Lipinski definition) is 5. The number of benzene rings is 3. The fourth-order valence-corrected chi connectivity index (χ4v) is 4.37. The number of nitrogens with zero attached hydrogens (tertiary/aromatic N) is 3. The maximum atomic E-state index is 6.43. The van der Waals surface area contributed by atoms with Gasteiger partial charge in [-0.15, -0.1) is 10.2 Å². The molecule has 0 saturated carbocycles. The maximum Gasteiger partial charge on any atom is 0.248 e. The Labute approximate surface area is 212 Å². The summed E-state index contributed by atoms with van der Waals surface area (Å²) >= 11 is 0. The van der Waals surface area contributed by atoms with Crippen molar-refractivity contribution in [3.63, 3.8) is 0 Å². The Morgan fingerprint density at radius 2 is 1.53 bits per heavy atom. The monoisotopic (exact) mass is 477 g/mol. The number of rotatable bonds is 6. The molecule has 0 N–H and O–H groups in total. The zero-order valence-electron chi connectivity index (χ0n) is 21.2. The molecule has 1 aliphatic heterocycles. The topological polar surface area (TPSA) is 60.5 Å². The molecule has 0 radical (unpaired) electrons. The molecule has 5 heteroatoms. The molecule has 5 rings (SSSR count). The van der Waals surface area contributed by atoms with E-state index < -0.39 is 0 Å². The van der Waals surface area contributed by atoms with Crippen LogP contribution in [0.4, 0.5) is 0 Å². The Balaban J connectivity index is 1.37. The summed E-state index contributed by atoms with van der Waals surface area (Å²) in [7, 11) is 0. The molecule has 0 fully saturated rings. The van der Waals surface area contributed by atoms with Gasteiger partial charge in [0.1, 0.15) is 6.10 Å². The molecule has 3 aromatic carbocycles. The van der Waals surface area contributed by atoms with Gasteiger partial charge in [0, 0.05) is 16.7 Å². The highest BCUT2D eigenvalue weighted by Gasteiger charge is 2.32. The average Bonchev–Trinajstić information content (AvgIpc) is 3.56. The van der Waals surface area contributed by atoms with Crippen LogP contribution in [0.1, 0.15) is 62.5 Å². The van der Waals surface area contributed by atoms with Gasteiger partial charge in [0.15, 0.2) is 0 Å². The summed E-state index contributed by atoms with van der Waals surface area (Å²) in [5, 5.41) is 8.55. The second-order valence-corrected chi connectivity index (χ2v) is 10.1. The van der Waals surface area contributed by atoms with Crippen LogP contribution < -0.4 is 0 Å². The first-order chi connectivity index (χ1) is 17.4. The van der Waals surface area contributed by atoms with Crippen LogP contribution in [-0.4, -0.2) is 22.1 Å². The first-order valence-electron chi connectivity index (χ1n) is 12.4. The van der Waals surface area contributed by atoms with Gasteiger partial charge in [-0.05, 0) is 64.9 Å².